The second-order valence-electron chi connectivity index (χ2n) is 8.05. The van der Waals surface area contributed by atoms with Gasteiger partial charge in [0.15, 0.2) is 5.96 Å². The fourth-order valence-electron chi connectivity index (χ4n) is 3.34. The highest BCUT2D eigenvalue weighted by molar-refractivity contribution is 5.92. The molecule has 9 N–H and O–H groups in total. The van der Waals surface area contributed by atoms with Gasteiger partial charge in [0.05, 0.1) is 12.6 Å². The molecule has 1 saturated heterocycles. The molecule has 1 heterocycles. The smallest absolute Gasteiger partial charge is 0.326 e. The third-order valence-electron chi connectivity index (χ3n) is 4.92. The van der Waals surface area contributed by atoms with Crippen molar-refractivity contribution in [2.24, 2.45) is 28.1 Å². The summed E-state index contributed by atoms with van der Waals surface area (Å²) in [6.45, 7) is 4.14. The van der Waals surface area contributed by atoms with Crippen molar-refractivity contribution in [2.45, 2.75) is 64.1 Å². The fourth-order valence-corrected chi connectivity index (χ4v) is 3.34. The zero-order chi connectivity index (χ0) is 23.6. The van der Waals surface area contributed by atoms with Crippen molar-refractivity contribution in [2.75, 3.05) is 19.6 Å². The number of likely N-dealkylation sites (tertiary alicyclic amines) is 1. The van der Waals surface area contributed by atoms with Crippen LogP contribution in [-0.2, 0) is 19.2 Å². The SMILES string of the molecule is CC(C)CC(NC(=O)C(N)CCCN=C(N)N)C(=O)NCC(=O)N1CCCC1C(=O)O. The summed E-state index contributed by atoms with van der Waals surface area (Å²) in [6, 6.07) is -2.57. The van der Waals surface area contributed by atoms with E-state index in [0.29, 0.717) is 45.2 Å². The third kappa shape index (κ3) is 9.20. The number of rotatable bonds is 12. The lowest BCUT2D eigenvalue weighted by molar-refractivity contribution is -0.148. The van der Waals surface area contributed by atoms with Crippen LogP contribution in [-0.4, -0.2) is 77.4 Å². The molecule has 176 valence electrons. The van der Waals surface area contributed by atoms with Gasteiger partial charge in [-0.05, 0) is 38.0 Å². The van der Waals surface area contributed by atoms with Crippen molar-refractivity contribution in [3.8, 4) is 0 Å². The van der Waals surface area contributed by atoms with E-state index in [4.69, 9.17) is 17.2 Å². The van der Waals surface area contributed by atoms with Crippen molar-refractivity contribution in [1.29, 1.82) is 0 Å². The van der Waals surface area contributed by atoms with Gasteiger partial charge in [0.2, 0.25) is 17.7 Å². The van der Waals surface area contributed by atoms with Crippen LogP contribution in [0.15, 0.2) is 4.99 Å². The monoisotopic (exact) mass is 441 g/mol. The summed E-state index contributed by atoms with van der Waals surface area (Å²) < 4.78 is 0. The molecule has 1 aliphatic heterocycles. The molecule has 0 saturated carbocycles. The molecule has 0 spiro atoms. The van der Waals surface area contributed by atoms with E-state index in [1.807, 2.05) is 13.8 Å². The number of amides is 3. The van der Waals surface area contributed by atoms with Gasteiger partial charge in [0, 0.05) is 13.1 Å². The van der Waals surface area contributed by atoms with Crippen molar-refractivity contribution in [3.05, 3.63) is 0 Å². The van der Waals surface area contributed by atoms with Gasteiger partial charge in [-0.3, -0.25) is 19.4 Å². The summed E-state index contributed by atoms with van der Waals surface area (Å²) in [6.07, 6.45) is 2.19. The number of hydrogen-bond donors (Lipinski definition) is 6. The number of nitrogens with one attached hydrogen (secondary N) is 2. The molecule has 0 aromatic carbocycles. The number of carboxylic acids is 1. The lowest BCUT2D eigenvalue weighted by Gasteiger charge is -2.24. The Kier molecular flexibility index (Phi) is 10.7. The summed E-state index contributed by atoms with van der Waals surface area (Å²) in [7, 11) is 0. The molecule has 0 aliphatic carbocycles. The standard InChI is InChI=1S/C19H35N7O5/c1-11(2)9-13(25-16(28)12(20)5-3-7-23-19(21)22)17(29)24-10-15(27)26-8-4-6-14(26)18(30)31/h11-14H,3-10,20H2,1-2H3,(H,24,29)(H,25,28)(H,30,31)(H4,21,22,23). The van der Waals surface area contributed by atoms with Crippen LogP contribution in [0, 0.1) is 5.92 Å². The van der Waals surface area contributed by atoms with Crippen LogP contribution < -0.4 is 27.8 Å². The number of guanidine groups is 1. The van der Waals surface area contributed by atoms with Gasteiger partial charge in [-0.25, -0.2) is 4.79 Å². The Morgan fingerprint density at radius 3 is 2.45 bits per heavy atom. The van der Waals surface area contributed by atoms with E-state index in [1.165, 1.54) is 4.90 Å². The molecule has 0 aromatic heterocycles. The maximum Gasteiger partial charge on any atom is 0.326 e. The molecule has 1 aliphatic rings. The molecule has 0 aromatic rings. The van der Waals surface area contributed by atoms with E-state index in [9.17, 15) is 24.3 Å². The number of carbonyl (C=O) groups is 4. The van der Waals surface area contributed by atoms with E-state index in [2.05, 4.69) is 15.6 Å². The molecule has 1 rings (SSSR count). The Morgan fingerprint density at radius 2 is 1.87 bits per heavy atom. The van der Waals surface area contributed by atoms with Gasteiger partial charge in [0.25, 0.3) is 0 Å². The Balaban J connectivity index is 2.60. The van der Waals surface area contributed by atoms with Crippen molar-refractivity contribution < 1.29 is 24.3 Å². The molecule has 1 fully saturated rings. The fraction of sp³-hybridized carbons (Fsp3) is 0.737. The van der Waals surface area contributed by atoms with Gasteiger partial charge in [-0.2, -0.15) is 0 Å². The Morgan fingerprint density at radius 1 is 1.19 bits per heavy atom. The second-order valence-corrected chi connectivity index (χ2v) is 8.05. The maximum atomic E-state index is 12.6. The lowest BCUT2D eigenvalue weighted by Crippen LogP contribution is -2.53. The van der Waals surface area contributed by atoms with Crippen molar-refractivity contribution in [1.82, 2.24) is 15.5 Å². The second kappa shape index (κ2) is 12.7. The van der Waals surface area contributed by atoms with Crippen LogP contribution in [0.1, 0.15) is 46.0 Å². The van der Waals surface area contributed by atoms with E-state index in [1.54, 1.807) is 0 Å². The number of carbonyl (C=O) groups excluding carboxylic acids is 3. The van der Waals surface area contributed by atoms with E-state index >= 15 is 0 Å². The minimum absolute atomic E-state index is 0.0372. The lowest BCUT2D eigenvalue weighted by atomic mass is 10.0. The topological polar surface area (TPSA) is 206 Å². The van der Waals surface area contributed by atoms with Crippen molar-refractivity contribution in [3.63, 3.8) is 0 Å². The quantitative estimate of drug-likeness (QED) is 0.114. The summed E-state index contributed by atoms with van der Waals surface area (Å²) in [5, 5.41) is 14.3. The van der Waals surface area contributed by atoms with Gasteiger partial charge in [0.1, 0.15) is 12.1 Å². The van der Waals surface area contributed by atoms with Crippen LogP contribution >= 0.6 is 0 Å². The summed E-state index contributed by atoms with van der Waals surface area (Å²) in [4.78, 5) is 53.7. The molecule has 31 heavy (non-hydrogen) atoms. The number of aliphatic imine (C=N–C) groups is 1. The van der Waals surface area contributed by atoms with Crippen molar-refractivity contribution >= 4 is 29.7 Å². The first kappa shape index (κ1) is 26.1. The van der Waals surface area contributed by atoms with Gasteiger partial charge in [-0.15, -0.1) is 0 Å². The van der Waals surface area contributed by atoms with E-state index in [-0.39, 0.29) is 18.4 Å². The first-order valence-corrected chi connectivity index (χ1v) is 10.4. The minimum atomic E-state index is -1.06. The number of aliphatic carboxylic acids is 1. The zero-order valence-electron chi connectivity index (χ0n) is 18.2. The van der Waals surface area contributed by atoms with Gasteiger partial charge >= 0.3 is 5.97 Å². The van der Waals surface area contributed by atoms with Gasteiger partial charge < -0.3 is 37.8 Å². The van der Waals surface area contributed by atoms with Crippen LogP contribution in [0.2, 0.25) is 0 Å². The Labute approximate surface area is 182 Å². The predicted molar refractivity (Wildman–Crippen MR) is 115 cm³/mol. The zero-order valence-corrected chi connectivity index (χ0v) is 18.2. The molecule has 3 amide bonds. The molecule has 12 heteroatoms. The Hall–Kier alpha value is -2.89. The Bertz CT molecular complexity index is 679. The maximum absolute atomic E-state index is 12.6. The average Bonchev–Trinajstić information content (AvgIpc) is 3.18. The molecule has 3 unspecified atom stereocenters. The predicted octanol–water partition coefficient (Wildman–Crippen LogP) is -1.91. The average molecular weight is 442 g/mol. The minimum Gasteiger partial charge on any atom is -0.480 e. The molecule has 12 nitrogen and oxygen atoms in total. The first-order valence-electron chi connectivity index (χ1n) is 10.4. The highest BCUT2D eigenvalue weighted by Crippen LogP contribution is 2.17. The summed E-state index contributed by atoms with van der Waals surface area (Å²) in [5.74, 6) is -2.47. The largest absolute Gasteiger partial charge is 0.480 e. The number of nitrogens with two attached hydrogens (primary N) is 3. The first-order chi connectivity index (χ1) is 14.5. The highest BCUT2D eigenvalue weighted by Gasteiger charge is 2.34. The molecule has 3 atom stereocenters. The molecule has 0 radical (unpaired) electrons. The number of hydrogen-bond acceptors (Lipinski definition) is 6. The van der Waals surface area contributed by atoms with Crippen LogP contribution in [0.3, 0.4) is 0 Å². The van der Waals surface area contributed by atoms with E-state index in [0.717, 1.165) is 0 Å². The highest BCUT2D eigenvalue weighted by atomic mass is 16.4. The summed E-state index contributed by atoms with van der Waals surface area (Å²) in [5.41, 5.74) is 16.4. The van der Waals surface area contributed by atoms with Crippen LogP contribution in [0.4, 0.5) is 0 Å². The van der Waals surface area contributed by atoms with E-state index < -0.39 is 41.8 Å². The van der Waals surface area contributed by atoms with Gasteiger partial charge in [-0.1, -0.05) is 13.8 Å². The van der Waals surface area contributed by atoms with Crippen LogP contribution in [0.5, 0.6) is 0 Å². The molecular formula is C19H35N7O5. The number of carboxylic acid groups (broad SMARTS) is 1. The molecule has 0 bridgehead atoms. The third-order valence-corrected chi connectivity index (χ3v) is 4.92. The summed E-state index contributed by atoms with van der Waals surface area (Å²) >= 11 is 0. The van der Waals surface area contributed by atoms with Crippen LogP contribution in [0.25, 0.3) is 0 Å². The molecular weight excluding hydrogens is 406 g/mol. The number of nitrogens with zero attached hydrogens (tertiary/aromatic N) is 2. The normalized spacial score (nSPS) is 17.7.